The Balaban J connectivity index is 0.000000198. The lowest BCUT2D eigenvalue weighted by Crippen LogP contribution is -2.55. The molecule has 8 aliphatic rings. The van der Waals surface area contributed by atoms with E-state index in [0.29, 0.717) is 102 Å². The second-order valence-corrected chi connectivity index (χ2v) is 36.8. The van der Waals surface area contributed by atoms with Crippen LogP contribution in [0.1, 0.15) is 192 Å². The molecule has 2 aromatic heterocycles. The first-order chi connectivity index (χ1) is 54.4. The summed E-state index contributed by atoms with van der Waals surface area (Å²) in [4.78, 5) is 120. The van der Waals surface area contributed by atoms with Gasteiger partial charge in [-0.2, -0.15) is 0 Å². The molecule has 0 bridgehead atoms. The van der Waals surface area contributed by atoms with Crippen LogP contribution in [0.5, 0.6) is 23.3 Å². The number of nitrogens with zero attached hydrogens (tertiary/aromatic N) is 4. The van der Waals surface area contributed by atoms with Gasteiger partial charge in [-0.3, -0.25) is 28.3 Å². The van der Waals surface area contributed by atoms with Crippen LogP contribution in [0.15, 0.2) is 91.0 Å². The zero-order valence-corrected chi connectivity index (χ0v) is 66.3. The number of carbonyl (C=O) groups excluding carboxylic acids is 6. The lowest BCUT2D eigenvalue weighted by atomic mass is 10.0. The van der Waals surface area contributed by atoms with Crippen LogP contribution in [0.25, 0.3) is 21.8 Å². The van der Waals surface area contributed by atoms with Crippen LogP contribution in [-0.4, -0.2) is 151 Å². The number of fused-ring (bicyclic) bond motifs is 6. The summed E-state index contributed by atoms with van der Waals surface area (Å²) in [6.45, 7) is 4.27. The third-order valence-electron chi connectivity index (χ3n) is 23.6. The zero-order chi connectivity index (χ0) is 79.8. The van der Waals surface area contributed by atoms with Crippen LogP contribution in [0, 0.1) is 35.1 Å². The molecule has 4 saturated carbocycles. The van der Waals surface area contributed by atoms with Crippen LogP contribution in [0.4, 0.5) is 27.2 Å². The van der Waals surface area contributed by atoms with Crippen molar-refractivity contribution in [3.8, 4) is 23.3 Å². The second kappa shape index (κ2) is 36.3. The Hall–Kier alpha value is -8.29. The van der Waals surface area contributed by atoms with E-state index in [1.807, 2.05) is 38.1 Å². The SMILES string of the molecule is CCOc1cc(OC2C[C@H]3C(=O)N[C@]4(P(=O)(O)Cc5c(F)cccc5F)C[C@H]4CCCCCCC[C@H](NC(=O)OC4CCCC4)C(=O)N3C2)c2cccc(Cl)c2n1.CCOc1cc(OC2C[C@H]3C(=O)N[C@]4(P(=O)(O)Cc5c(F)cccc5F)C[C@H]4CCCCCCC[C@H](NC(=O)OC4CCCC4)C(=O)N3C2)c2ccccc2n1. The molecular weight excluding hydrogens is 1530 g/mol. The van der Waals surface area contributed by atoms with Crippen molar-refractivity contribution in [2.75, 3.05) is 26.3 Å². The van der Waals surface area contributed by atoms with E-state index in [1.165, 1.54) is 21.9 Å². The van der Waals surface area contributed by atoms with Crippen LogP contribution in [-0.2, 0) is 50.1 Å². The molecular formula is C82H101ClF4N8O16P2. The predicted molar refractivity (Wildman–Crippen MR) is 414 cm³/mol. The Morgan fingerprint density at radius 3 is 1.36 bits per heavy atom. The van der Waals surface area contributed by atoms with Crippen molar-refractivity contribution in [1.82, 2.24) is 41.0 Å². The van der Waals surface area contributed by atoms with Crippen molar-refractivity contribution < 1.29 is 93.7 Å². The number of carbonyl (C=O) groups is 6. The number of aromatic nitrogens is 2. The van der Waals surface area contributed by atoms with Gasteiger partial charge < -0.3 is 69.3 Å². The summed E-state index contributed by atoms with van der Waals surface area (Å²) < 4.78 is 124. The van der Waals surface area contributed by atoms with Gasteiger partial charge in [-0.15, -0.1) is 0 Å². The molecule has 8 fully saturated rings. The van der Waals surface area contributed by atoms with E-state index in [0.717, 1.165) is 121 Å². The highest BCUT2D eigenvalue weighted by Crippen LogP contribution is 2.73. The molecule has 6 heterocycles. The number of halogens is 5. The smallest absolute Gasteiger partial charge is 0.408 e. The minimum absolute atomic E-state index is 0.0103. The van der Waals surface area contributed by atoms with Crippen LogP contribution < -0.4 is 40.2 Å². The topological polar surface area (TPSA) is 313 Å². The Morgan fingerprint density at radius 1 is 0.522 bits per heavy atom. The van der Waals surface area contributed by atoms with Crippen molar-refractivity contribution in [2.24, 2.45) is 11.8 Å². The van der Waals surface area contributed by atoms with Crippen molar-refractivity contribution in [3.05, 3.63) is 130 Å². The monoisotopic (exact) mass is 1630 g/mol. The van der Waals surface area contributed by atoms with E-state index in [-0.39, 0.29) is 56.9 Å². The minimum atomic E-state index is -4.52. The average Bonchev–Trinajstić information content (AvgIpc) is 1.56. The molecule has 0 radical (unpaired) electrons. The van der Waals surface area contributed by atoms with E-state index in [4.69, 9.17) is 40.0 Å². The van der Waals surface area contributed by atoms with Crippen molar-refractivity contribution in [2.45, 2.75) is 252 Å². The highest BCUT2D eigenvalue weighted by atomic mass is 35.5. The molecule has 14 rings (SSSR count). The lowest BCUT2D eigenvalue weighted by molar-refractivity contribution is -0.140. The number of hydrogen-bond donors (Lipinski definition) is 6. The maximum absolute atomic E-state index is 14.8. The van der Waals surface area contributed by atoms with Gasteiger partial charge in [-0.1, -0.05) is 106 Å². The summed E-state index contributed by atoms with van der Waals surface area (Å²) in [5, 5.41) is 9.73. The van der Waals surface area contributed by atoms with Gasteiger partial charge in [0.25, 0.3) is 0 Å². The van der Waals surface area contributed by atoms with E-state index >= 15 is 0 Å². The van der Waals surface area contributed by atoms with Gasteiger partial charge in [0.1, 0.15) is 93.9 Å². The normalized spacial score (nSPS) is 27.1. The molecule has 610 valence electrons. The molecule has 113 heavy (non-hydrogen) atoms. The van der Waals surface area contributed by atoms with E-state index < -0.39 is 156 Å². The molecule has 6 aromatic rings. The summed E-state index contributed by atoms with van der Waals surface area (Å²) in [5.41, 5.74) is 0.0450. The molecule has 4 aromatic carbocycles. The second-order valence-electron chi connectivity index (χ2n) is 31.4. The molecule has 4 saturated heterocycles. The molecule has 4 aliphatic heterocycles. The highest BCUT2D eigenvalue weighted by Gasteiger charge is 2.68. The number of ether oxygens (including phenoxy) is 6. The molecule has 12 atom stereocenters. The van der Waals surface area contributed by atoms with Crippen molar-refractivity contribution in [3.63, 3.8) is 0 Å². The van der Waals surface area contributed by atoms with Crippen LogP contribution >= 0.6 is 26.3 Å². The number of benzene rings is 4. The maximum atomic E-state index is 14.8. The first kappa shape index (κ1) is 82.7. The Bertz CT molecular complexity index is 4540. The molecule has 6 N–H and O–H groups in total. The van der Waals surface area contributed by atoms with E-state index in [1.54, 1.807) is 30.3 Å². The number of para-hydroxylation sites is 2. The number of nitrogens with one attached hydrogen (secondary N) is 4. The van der Waals surface area contributed by atoms with E-state index in [2.05, 4.69) is 31.2 Å². The number of alkyl carbamates (subject to hydrolysis) is 2. The summed E-state index contributed by atoms with van der Waals surface area (Å²) >= 11 is 6.52. The minimum Gasteiger partial charge on any atom is -0.488 e. The summed E-state index contributed by atoms with van der Waals surface area (Å²) in [5.74, 6) is -5.54. The van der Waals surface area contributed by atoms with E-state index in [9.17, 15) is 65.2 Å². The third-order valence-corrected chi connectivity index (χ3v) is 29.2. The first-order valence-corrected chi connectivity index (χ1v) is 44.2. The zero-order valence-electron chi connectivity index (χ0n) is 63.7. The molecule has 6 amide bonds. The number of amides is 6. The predicted octanol–water partition coefficient (Wildman–Crippen LogP) is 15.3. The quantitative estimate of drug-likeness (QED) is 0.0344. The maximum Gasteiger partial charge on any atom is 0.408 e. The number of pyridine rings is 2. The van der Waals surface area contributed by atoms with Gasteiger partial charge in [0, 0.05) is 46.9 Å². The van der Waals surface area contributed by atoms with Gasteiger partial charge in [0.05, 0.1) is 54.7 Å². The van der Waals surface area contributed by atoms with Crippen molar-refractivity contribution >= 4 is 84.0 Å². The van der Waals surface area contributed by atoms with Crippen molar-refractivity contribution in [1.29, 1.82) is 0 Å². The van der Waals surface area contributed by atoms with Gasteiger partial charge in [0.2, 0.25) is 50.1 Å². The molecule has 4 aliphatic carbocycles. The fraction of sp³-hybridized carbons (Fsp3) is 0.561. The Morgan fingerprint density at radius 2 is 0.912 bits per heavy atom. The van der Waals surface area contributed by atoms with Gasteiger partial charge in [-0.05, 0) is 164 Å². The third kappa shape index (κ3) is 19.1. The summed E-state index contributed by atoms with van der Waals surface area (Å²) in [6, 6.07) is 18.0. The van der Waals surface area contributed by atoms with Gasteiger partial charge in [-0.25, -0.2) is 37.1 Å². The molecule has 31 heteroatoms. The van der Waals surface area contributed by atoms with Gasteiger partial charge >= 0.3 is 12.2 Å². The fourth-order valence-corrected chi connectivity index (χ4v) is 22.7. The summed E-state index contributed by atoms with van der Waals surface area (Å²) in [6.07, 6.45) is 11.5. The Kier molecular flexibility index (Phi) is 26.5. The molecule has 0 spiro atoms. The Labute approximate surface area is 659 Å². The lowest BCUT2D eigenvalue weighted by Gasteiger charge is -2.31. The van der Waals surface area contributed by atoms with Crippen LogP contribution in [0.2, 0.25) is 5.02 Å². The standard InChI is InChI=1S/C41H50ClF2N4O8P.C41H51F2N4O8P/c1-2-54-36-21-35(28-15-10-16-30(42)37(28)46-36)55-27-20-34-38(49)47-41(57(52,53)24-29-31(43)17-11-18-32(29)44)22-25(41)12-6-4-3-5-7-19-33(39(50)48(34)23-27)45-40(51)56-26-13-8-9-14-26;1-2-53-37-22-36(29-16-10-11-19-33(29)44-37)54-28-21-35-38(48)46-41(56(51,52)25-30-31(42)17-12-18-32(30)43)23-26(41)13-6-4-3-5-7-20-34(39(49)47(35)24-28)45-40(50)55-27-14-8-9-15-27/h10-11,15-18,21,25-27,33-34H,2-9,12-14,19-20,22-24H2,1H3,(H,45,51)(H,47,49)(H,52,53);10-12,16-19,22,26-28,34-35H,2-9,13-15,20-21,23-25H2,1H3,(H,45,50)(H,46,48)(H,51,52)/t25-,27?,33+,34+,41+;26-,28?,34+,35+,41+/m11/s1. The molecule has 4 unspecified atom stereocenters. The fourth-order valence-electron chi connectivity index (χ4n) is 17.5. The first-order valence-electron chi connectivity index (χ1n) is 40.1. The number of rotatable bonds is 18. The molecule has 24 nitrogen and oxygen atoms in total. The summed E-state index contributed by atoms with van der Waals surface area (Å²) in [7, 11) is -9.02. The largest absolute Gasteiger partial charge is 0.488 e. The highest BCUT2D eigenvalue weighted by molar-refractivity contribution is 7.59. The average molecular weight is 1630 g/mol. The van der Waals surface area contributed by atoms with Gasteiger partial charge in [0.15, 0.2) is 0 Å². The van der Waals surface area contributed by atoms with Crippen LogP contribution in [0.3, 0.4) is 0 Å². The number of hydrogen-bond acceptors (Lipinski definition) is 16.